The third-order valence-corrected chi connectivity index (χ3v) is 3.90. The lowest BCUT2D eigenvalue weighted by molar-refractivity contribution is -0.111. The third-order valence-electron chi connectivity index (χ3n) is 3.90. The maximum atomic E-state index is 12.4. The molecule has 27 heavy (non-hydrogen) atoms. The first-order chi connectivity index (χ1) is 12.9. The fourth-order valence-electron chi connectivity index (χ4n) is 2.37. The van der Waals surface area contributed by atoms with E-state index < -0.39 is 12.6 Å². The van der Waals surface area contributed by atoms with E-state index in [-0.39, 0.29) is 17.1 Å². The molecule has 0 saturated heterocycles. The normalized spacial score (nSPS) is 10.6. The van der Waals surface area contributed by atoms with Gasteiger partial charge in [-0.15, -0.1) is 0 Å². The van der Waals surface area contributed by atoms with Crippen molar-refractivity contribution in [1.82, 2.24) is 0 Å². The molecule has 6 heteroatoms. The molecule has 0 spiro atoms. The van der Waals surface area contributed by atoms with Gasteiger partial charge in [0.2, 0.25) is 5.91 Å². The highest BCUT2D eigenvalue weighted by Crippen LogP contribution is 2.23. The van der Waals surface area contributed by atoms with Gasteiger partial charge in [0, 0.05) is 31.0 Å². The Kier molecular flexibility index (Phi) is 6.88. The number of aromatic hydroxyl groups is 1. The summed E-state index contributed by atoms with van der Waals surface area (Å²) in [5.74, 6) is -1.00. The number of nitrogens with one attached hydrogen (secondary N) is 1. The summed E-state index contributed by atoms with van der Waals surface area (Å²) >= 11 is 0. The number of rotatable bonds is 8. The van der Waals surface area contributed by atoms with Crippen molar-refractivity contribution in [3.63, 3.8) is 0 Å². The summed E-state index contributed by atoms with van der Waals surface area (Å²) < 4.78 is 12.4. The highest BCUT2D eigenvalue weighted by Gasteiger charge is 2.10. The van der Waals surface area contributed by atoms with Crippen molar-refractivity contribution in [3.8, 4) is 5.75 Å². The van der Waals surface area contributed by atoms with Crippen LogP contribution >= 0.6 is 0 Å². The number of carbonyl (C=O) groups is 2. The van der Waals surface area contributed by atoms with E-state index in [9.17, 15) is 19.1 Å². The van der Waals surface area contributed by atoms with E-state index in [2.05, 4.69) is 11.9 Å². The molecule has 0 aliphatic heterocycles. The standard InChI is InChI=1S/C21H21FN2O3/c1-3-21(27)23-16-7-10-18(20(26)14-16)19(25)11-6-15-4-8-17(9-5-15)24(2)13-12-22/h3-11,14,26H,1,12-13H2,2H3,(H,23,27)/b11-6+. The van der Waals surface area contributed by atoms with E-state index in [0.717, 1.165) is 17.3 Å². The van der Waals surface area contributed by atoms with Crippen molar-refractivity contribution in [3.05, 3.63) is 72.3 Å². The van der Waals surface area contributed by atoms with Gasteiger partial charge in [-0.3, -0.25) is 9.59 Å². The summed E-state index contributed by atoms with van der Waals surface area (Å²) in [7, 11) is 1.80. The van der Waals surface area contributed by atoms with Gasteiger partial charge in [-0.2, -0.15) is 0 Å². The second kappa shape index (κ2) is 9.33. The molecule has 140 valence electrons. The summed E-state index contributed by atoms with van der Waals surface area (Å²) in [6.07, 6.45) is 4.10. The number of nitrogens with zero attached hydrogens (tertiary/aromatic N) is 1. The van der Waals surface area contributed by atoms with E-state index in [0.29, 0.717) is 12.2 Å². The van der Waals surface area contributed by atoms with Gasteiger partial charge in [-0.25, -0.2) is 4.39 Å². The molecule has 0 aliphatic rings. The van der Waals surface area contributed by atoms with Crippen LogP contribution in [0, 0.1) is 0 Å². The summed E-state index contributed by atoms with van der Waals surface area (Å²) in [5, 5.41) is 12.5. The molecule has 0 bridgehead atoms. The number of hydrogen-bond acceptors (Lipinski definition) is 4. The predicted octanol–water partition coefficient (Wildman–Crippen LogP) is 3.82. The molecule has 2 rings (SSSR count). The molecule has 0 heterocycles. The van der Waals surface area contributed by atoms with Crippen molar-refractivity contribution in [2.24, 2.45) is 0 Å². The molecule has 2 aromatic carbocycles. The Morgan fingerprint density at radius 2 is 1.93 bits per heavy atom. The van der Waals surface area contributed by atoms with Gasteiger partial charge in [0.15, 0.2) is 5.78 Å². The molecule has 0 saturated carbocycles. The van der Waals surface area contributed by atoms with E-state index in [4.69, 9.17) is 0 Å². The van der Waals surface area contributed by atoms with Crippen LogP contribution in [-0.2, 0) is 4.79 Å². The number of allylic oxidation sites excluding steroid dienone is 1. The number of phenolic OH excluding ortho intramolecular Hbond substituents is 1. The van der Waals surface area contributed by atoms with Crippen molar-refractivity contribution in [2.75, 3.05) is 30.5 Å². The summed E-state index contributed by atoms with van der Waals surface area (Å²) in [6.45, 7) is 3.24. The second-order valence-electron chi connectivity index (χ2n) is 5.82. The number of amides is 1. The number of hydrogen-bond donors (Lipinski definition) is 2. The smallest absolute Gasteiger partial charge is 0.247 e. The third kappa shape index (κ3) is 5.54. The quantitative estimate of drug-likeness (QED) is 0.549. The zero-order valence-corrected chi connectivity index (χ0v) is 15.0. The number of halogens is 1. The molecule has 0 atom stereocenters. The minimum atomic E-state index is -0.424. The number of phenols is 1. The molecule has 1 amide bonds. The molecule has 0 aliphatic carbocycles. The Balaban J connectivity index is 2.08. The van der Waals surface area contributed by atoms with Gasteiger partial charge >= 0.3 is 0 Å². The van der Waals surface area contributed by atoms with Crippen LogP contribution in [0.3, 0.4) is 0 Å². The molecule has 5 nitrogen and oxygen atoms in total. The maximum absolute atomic E-state index is 12.4. The molecular weight excluding hydrogens is 347 g/mol. The van der Waals surface area contributed by atoms with Crippen LogP contribution in [-0.4, -0.2) is 37.1 Å². The first-order valence-corrected chi connectivity index (χ1v) is 8.30. The van der Waals surface area contributed by atoms with Crippen LogP contribution in [0.25, 0.3) is 6.08 Å². The average molecular weight is 368 g/mol. The van der Waals surface area contributed by atoms with Gasteiger partial charge in [-0.05, 0) is 42.0 Å². The van der Waals surface area contributed by atoms with Gasteiger partial charge in [0.05, 0.1) is 5.56 Å². The van der Waals surface area contributed by atoms with Crippen LogP contribution in [0.5, 0.6) is 5.75 Å². The topological polar surface area (TPSA) is 69.6 Å². The number of alkyl halides is 1. The first-order valence-electron chi connectivity index (χ1n) is 8.30. The lowest BCUT2D eigenvalue weighted by Crippen LogP contribution is -2.19. The van der Waals surface area contributed by atoms with E-state index in [1.165, 1.54) is 24.3 Å². The lowest BCUT2D eigenvalue weighted by atomic mass is 10.1. The van der Waals surface area contributed by atoms with Gasteiger partial charge in [-0.1, -0.05) is 24.8 Å². The number of benzene rings is 2. The van der Waals surface area contributed by atoms with Crippen LogP contribution in [0.15, 0.2) is 61.2 Å². The average Bonchev–Trinajstić information content (AvgIpc) is 2.66. The zero-order chi connectivity index (χ0) is 19.8. The van der Waals surface area contributed by atoms with Crippen molar-refractivity contribution in [1.29, 1.82) is 0 Å². The largest absolute Gasteiger partial charge is 0.507 e. The molecule has 0 aromatic heterocycles. The van der Waals surface area contributed by atoms with Crippen molar-refractivity contribution < 1.29 is 19.1 Å². The highest BCUT2D eigenvalue weighted by molar-refractivity contribution is 6.09. The number of anilines is 2. The fourth-order valence-corrected chi connectivity index (χ4v) is 2.37. The van der Waals surface area contributed by atoms with Crippen LogP contribution in [0.1, 0.15) is 15.9 Å². The zero-order valence-electron chi connectivity index (χ0n) is 15.0. The Morgan fingerprint density at radius 3 is 2.52 bits per heavy atom. The van der Waals surface area contributed by atoms with Crippen LogP contribution < -0.4 is 10.2 Å². The van der Waals surface area contributed by atoms with Crippen molar-refractivity contribution >= 4 is 29.1 Å². The first kappa shape index (κ1) is 19.9. The Morgan fingerprint density at radius 1 is 1.22 bits per heavy atom. The maximum Gasteiger partial charge on any atom is 0.247 e. The number of ketones is 1. The molecule has 2 aromatic rings. The molecule has 0 fully saturated rings. The summed E-state index contributed by atoms with van der Waals surface area (Å²) in [4.78, 5) is 25.3. The SMILES string of the molecule is C=CC(=O)Nc1ccc(C(=O)/C=C/c2ccc(N(C)CCF)cc2)c(O)c1. The van der Waals surface area contributed by atoms with Gasteiger partial charge in [0.1, 0.15) is 12.4 Å². The van der Waals surface area contributed by atoms with E-state index in [1.807, 2.05) is 24.3 Å². The van der Waals surface area contributed by atoms with Gasteiger partial charge < -0.3 is 15.3 Å². The predicted molar refractivity (Wildman–Crippen MR) is 106 cm³/mol. The lowest BCUT2D eigenvalue weighted by Gasteiger charge is -2.17. The van der Waals surface area contributed by atoms with Crippen molar-refractivity contribution in [2.45, 2.75) is 0 Å². The monoisotopic (exact) mass is 368 g/mol. The summed E-state index contributed by atoms with van der Waals surface area (Å²) in [5.41, 5.74) is 2.18. The van der Waals surface area contributed by atoms with E-state index in [1.54, 1.807) is 18.0 Å². The van der Waals surface area contributed by atoms with Crippen LogP contribution in [0.2, 0.25) is 0 Å². The Bertz CT molecular complexity index is 860. The van der Waals surface area contributed by atoms with Gasteiger partial charge in [0.25, 0.3) is 0 Å². The van der Waals surface area contributed by atoms with E-state index >= 15 is 0 Å². The molecule has 0 unspecified atom stereocenters. The summed E-state index contributed by atoms with van der Waals surface area (Å²) in [6, 6.07) is 11.6. The second-order valence-corrected chi connectivity index (χ2v) is 5.82. The fraction of sp³-hybridized carbons (Fsp3) is 0.143. The minimum Gasteiger partial charge on any atom is -0.507 e. The molecule has 0 radical (unpaired) electrons. The Hall–Kier alpha value is -3.41. The molecule has 2 N–H and O–H groups in total. The van der Waals surface area contributed by atoms with Crippen LogP contribution in [0.4, 0.5) is 15.8 Å². The minimum absolute atomic E-state index is 0.127. The Labute approximate surface area is 157 Å². The molecular formula is C21H21FN2O3. The number of carbonyl (C=O) groups excluding carboxylic acids is 2. The highest BCUT2D eigenvalue weighted by atomic mass is 19.1.